The Morgan fingerprint density at radius 1 is 1.62 bits per heavy atom. The molecule has 0 aromatic rings. The molecule has 1 aliphatic rings. The quantitative estimate of drug-likeness (QED) is 0.455. The van der Waals surface area contributed by atoms with Gasteiger partial charge in [-0.15, -0.1) is 0 Å². The van der Waals surface area contributed by atoms with Crippen LogP contribution in [0.4, 0.5) is 0 Å². The maximum atomic E-state index is 2.35. The lowest BCUT2D eigenvalue weighted by atomic mass is 9.96. The van der Waals surface area contributed by atoms with E-state index in [0.717, 1.165) is 11.8 Å². The highest BCUT2D eigenvalue weighted by Gasteiger charge is 2.14. The topological polar surface area (TPSA) is 0 Å². The van der Waals surface area contributed by atoms with Crippen LogP contribution in [0.25, 0.3) is 0 Å². The molecule has 0 unspecified atom stereocenters. The van der Waals surface area contributed by atoms with Crippen LogP contribution in [0.2, 0.25) is 0 Å². The zero-order valence-electron chi connectivity index (χ0n) is 5.72. The van der Waals surface area contributed by atoms with Gasteiger partial charge in [0.15, 0.2) is 0 Å². The Labute approximate surface area is 51.6 Å². The van der Waals surface area contributed by atoms with Gasteiger partial charge in [0.2, 0.25) is 0 Å². The van der Waals surface area contributed by atoms with E-state index >= 15 is 0 Å². The monoisotopic (exact) mass is 110 g/mol. The first-order valence-corrected chi connectivity index (χ1v) is 3.51. The molecule has 0 heterocycles. The molecule has 46 valence electrons. The molecular weight excluding hydrogens is 96.1 g/mol. The molecular formula is C8H14. The van der Waals surface area contributed by atoms with Crippen molar-refractivity contribution >= 4 is 0 Å². The highest BCUT2D eigenvalue weighted by molar-refractivity contribution is 4.98. The van der Waals surface area contributed by atoms with Gasteiger partial charge in [-0.25, -0.2) is 0 Å². The lowest BCUT2D eigenvalue weighted by molar-refractivity contribution is 0.450. The Morgan fingerprint density at radius 3 is 2.62 bits per heavy atom. The van der Waals surface area contributed by atoms with Crippen molar-refractivity contribution in [2.75, 3.05) is 0 Å². The van der Waals surface area contributed by atoms with Crippen LogP contribution < -0.4 is 0 Å². The summed E-state index contributed by atoms with van der Waals surface area (Å²) in [5.74, 6) is 1.80. The van der Waals surface area contributed by atoms with Crippen molar-refractivity contribution in [1.82, 2.24) is 0 Å². The first-order chi connectivity index (χ1) is 3.84. The maximum Gasteiger partial charge on any atom is -0.0207 e. The maximum absolute atomic E-state index is 2.35. The summed E-state index contributed by atoms with van der Waals surface area (Å²) in [4.78, 5) is 0. The van der Waals surface area contributed by atoms with Crippen LogP contribution >= 0.6 is 0 Å². The van der Waals surface area contributed by atoms with Crippen molar-refractivity contribution in [1.29, 1.82) is 0 Å². The van der Waals surface area contributed by atoms with E-state index in [1.807, 2.05) is 0 Å². The lowest BCUT2D eigenvalue weighted by Gasteiger charge is -2.09. The van der Waals surface area contributed by atoms with E-state index in [-0.39, 0.29) is 0 Å². The Balaban J connectivity index is 2.41. The summed E-state index contributed by atoms with van der Waals surface area (Å²) in [5.41, 5.74) is 0. The van der Waals surface area contributed by atoms with Crippen molar-refractivity contribution in [3.05, 3.63) is 12.2 Å². The molecule has 0 heteroatoms. The summed E-state index contributed by atoms with van der Waals surface area (Å²) in [7, 11) is 0. The van der Waals surface area contributed by atoms with Crippen LogP contribution in [0.15, 0.2) is 12.2 Å². The molecule has 8 heavy (non-hydrogen) atoms. The van der Waals surface area contributed by atoms with Gasteiger partial charge in [0.25, 0.3) is 0 Å². The zero-order chi connectivity index (χ0) is 5.98. The van der Waals surface area contributed by atoms with E-state index in [1.165, 1.54) is 12.8 Å². The van der Waals surface area contributed by atoms with Gasteiger partial charge in [-0.2, -0.15) is 0 Å². The van der Waals surface area contributed by atoms with Gasteiger partial charge in [0.05, 0.1) is 0 Å². The number of hydrogen-bond acceptors (Lipinski definition) is 0. The number of allylic oxidation sites excluding steroid dienone is 2. The summed E-state index contributed by atoms with van der Waals surface area (Å²) < 4.78 is 0. The van der Waals surface area contributed by atoms with Crippen LogP contribution in [0.1, 0.15) is 26.7 Å². The average molecular weight is 110 g/mol. The molecule has 0 nitrogen and oxygen atoms in total. The standard InChI is InChI=1S/C8H14/c1-3-8-6-4-5-7(8)2/h4,6-8H,3,5H2,1-2H3/t7-,8+/m0/s1. The molecule has 0 fully saturated rings. The predicted molar refractivity (Wildman–Crippen MR) is 36.7 cm³/mol. The van der Waals surface area contributed by atoms with Crippen molar-refractivity contribution in [3.63, 3.8) is 0 Å². The Hall–Kier alpha value is -0.260. The van der Waals surface area contributed by atoms with Gasteiger partial charge < -0.3 is 0 Å². The molecule has 0 aliphatic heterocycles. The third kappa shape index (κ3) is 0.936. The van der Waals surface area contributed by atoms with E-state index in [9.17, 15) is 0 Å². The van der Waals surface area contributed by atoms with Crippen LogP contribution in [0, 0.1) is 11.8 Å². The van der Waals surface area contributed by atoms with Crippen LogP contribution in [0.5, 0.6) is 0 Å². The van der Waals surface area contributed by atoms with Gasteiger partial charge in [-0.05, 0) is 24.7 Å². The van der Waals surface area contributed by atoms with Gasteiger partial charge in [-0.3, -0.25) is 0 Å². The van der Waals surface area contributed by atoms with E-state index in [1.54, 1.807) is 0 Å². The molecule has 0 spiro atoms. The molecule has 0 radical (unpaired) electrons. The predicted octanol–water partition coefficient (Wildman–Crippen LogP) is 2.61. The van der Waals surface area contributed by atoms with Crippen molar-refractivity contribution in [3.8, 4) is 0 Å². The molecule has 0 amide bonds. The second kappa shape index (κ2) is 2.34. The Kier molecular flexibility index (Phi) is 1.72. The zero-order valence-corrected chi connectivity index (χ0v) is 5.72. The molecule has 0 bridgehead atoms. The van der Waals surface area contributed by atoms with E-state index < -0.39 is 0 Å². The third-order valence-electron chi connectivity index (χ3n) is 2.09. The lowest BCUT2D eigenvalue weighted by Crippen LogP contribution is -2.00. The first kappa shape index (κ1) is 5.87. The van der Waals surface area contributed by atoms with Gasteiger partial charge in [0, 0.05) is 0 Å². The SMILES string of the molecule is CC[C@@H]1C=CC[C@@H]1C. The minimum Gasteiger partial charge on any atom is -0.0880 e. The fraction of sp³-hybridized carbons (Fsp3) is 0.750. The van der Waals surface area contributed by atoms with E-state index in [4.69, 9.17) is 0 Å². The van der Waals surface area contributed by atoms with Crippen molar-refractivity contribution < 1.29 is 0 Å². The normalized spacial score (nSPS) is 36.2. The molecule has 1 rings (SSSR count). The molecule has 1 aliphatic carbocycles. The summed E-state index contributed by atoms with van der Waals surface area (Å²) in [5, 5.41) is 0. The van der Waals surface area contributed by atoms with Crippen LogP contribution in [-0.2, 0) is 0 Å². The summed E-state index contributed by atoms with van der Waals surface area (Å²) in [6.45, 7) is 4.59. The molecule has 0 aromatic carbocycles. The minimum atomic E-state index is 0.884. The molecule has 0 saturated carbocycles. The molecule has 2 atom stereocenters. The van der Waals surface area contributed by atoms with Crippen LogP contribution in [-0.4, -0.2) is 0 Å². The number of hydrogen-bond donors (Lipinski definition) is 0. The summed E-state index contributed by atoms with van der Waals surface area (Å²) in [6, 6.07) is 0. The van der Waals surface area contributed by atoms with E-state index in [2.05, 4.69) is 26.0 Å². The number of rotatable bonds is 1. The summed E-state index contributed by atoms with van der Waals surface area (Å²) >= 11 is 0. The average Bonchev–Trinajstić information content (AvgIpc) is 2.14. The van der Waals surface area contributed by atoms with E-state index in [0.29, 0.717) is 0 Å². The fourth-order valence-electron chi connectivity index (χ4n) is 1.37. The summed E-state index contributed by atoms with van der Waals surface area (Å²) in [6.07, 6.45) is 7.28. The Bertz CT molecular complexity index is 92.2. The van der Waals surface area contributed by atoms with Gasteiger partial charge in [-0.1, -0.05) is 26.0 Å². The Morgan fingerprint density at radius 2 is 2.38 bits per heavy atom. The van der Waals surface area contributed by atoms with Crippen molar-refractivity contribution in [2.24, 2.45) is 11.8 Å². The smallest absolute Gasteiger partial charge is 0.0207 e. The highest BCUT2D eigenvalue weighted by Crippen LogP contribution is 2.26. The van der Waals surface area contributed by atoms with Gasteiger partial charge >= 0.3 is 0 Å². The van der Waals surface area contributed by atoms with Crippen molar-refractivity contribution in [2.45, 2.75) is 26.7 Å². The largest absolute Gasteiger partial charge is 0.0880 e. The second-order valence-corrected chi connectivity index (χ2v) is 2.71. The molecule has 0 saturated heterocycles. The third-order valence-corrected chi connectivity index (χ3v) is 2.09. The molecule has 0 N–H and O–H groups in total. The van der Waals surface area contributed by atoms with Crippen LogP contribution in [0.3, 0.4) is 0 Å². The highest BCUT2D eigenvalue weighted by atomic mass is 14.2. The second-order valence-electron chi connectivity index (χ2n) is 2.71. The first-order valence-electron chi connectivity index (χ1n) is 3.51. The minimum absolute atomic E-state index is 0.884. The van der Waals surface area contributed by atoms with Gasteiger partial charge in [0.1, 0.15) is 0 Å². The fourth-order valence-corrected chi connectivity index (χ4v) is 1.37. The molecule has 0 aromatic heterocycles.